The highest BCUT2D eigenvalue weighted by molar-refractivity contribution is 9.10. The maximum atomic E-state index is 10.7. The number of anilines is 1. The molecular formula is C12H11BrN2O3. The van der Waals surface area contributed by atoms with E-state index in [2.05, 4.69) is 20.9 Å². The molecule has 0 fully saturated rings. The van der Waals surface area contributed by atoms with Crippen molar-refractivity contribution in [3.05, 3.63) is 46.3 Å². The summed E-state index contributed by atoms with van der Waals surface area (Å²) < 4.78 is 6.11. The molecule has 5 nitrogen and oxygen atoms in total. The van der Waals surface area contributed by atoms with Crippen molar-refractivity contribution in [2.45, 2.75) is 6.54 Å². The molecule has 0 aliphatic rings. The lowest BCUT2D eigenvalue weighted by Gasteiger charge is -2.14. The first-order chi connectivity index (χ1) is 8.56. The molecule has 0 bridgehead atoms. The van der Waals surface area contributed by atoms with E-state index in [1.54, 1.807) is 11.9 Å². The lowest BCUT2D eigenvalue weighted by atomic mass is 10.2. The summed E-state index contributed by atoms with van der Waals surface area (Å²) in [5.41, 5.74) is 0.980. The van der Waals surface area contributed by atoms with Gasteiger partial charge in [-0.2, -0.15) is 4.98 Å². The number of carboxylic acids is 1. The van der Waals surface area contributed by atoms with E-state index < -0.39 is 5.97 Å². The van der Waals surface area contributed by atoms with Gasteiger partial charge in [0.25, 0.3) is 6.01 Å². The fourth-order valence-corrected chi connectivity index (χ4v) is 1.96. The number of carbonyl (C=O) groups is 1. The van der Waals surface area contributed by atoms with Crippen LogP contribution in [0.4, 0.5) is 6.01 Å². The number of hydrogen-bond acceptors (Lipinski definition) is 4. The Balaban J connectivity index is 2.11. The second kappa shape index (κ2) is 5.22. The maximum Gasteiger partial charge on any atom is 0.357 e. The smallest absolute Gasteiger partial charge is 0.357 e. The minimum Gasteiger partial charge on any atom is -0.476 e. The highest BCUT2D eigenvalue weighted by atomic mass is 79.9. The molecule has 1 aromatic heterocycles. The number of aromatic nitrogens is 1. The number of aromatic carboxylic acids is 1. The van der Waals surface area contributed by atoms with Crippen molar-refractivity contribution < 1.29 is 14.3 Å². The third-order valence-electron chi connectivity index (χ3n) is 2.35. The van der Waals surface area contributed by atoms with E-state index in [9.17, 15) is 4.79 Å². The number of benzene rings is 1. The quantitative estimate of drug-likeness (QED) is 0.940. The molecular weight excluding hydrogens is 300 g/mol. The van der Waals surface area contributed by atoms with Gasteiger partial charge in [-0.1, -0.05) is 28.1 Å². The normalized spacial score (nSPS) is 10.3. The van der Waals surface area contributed by atoms with E-state index in [1.165, 1.54) is 0 Å². The zero-order chi connectivity index (χ0) is 13.1. The van der Waals surface area contributed by atoms with Crippen molar-refractivity contribution >= 4 is 27.9 Å². The second-order valence-corrected chi connectivity index (χ2v) is 4.72. The highest BCUT2D eigenvalue weighted by Gasteiger charge is 2.13. The number of rotatable bonds is 4. The first-order valence-corrected chi connectivity index (χ1v) is 6.00. The van der Waals surface area contributed by atoms with E-state index in [0.717, 1.165) is 16.3 Å². The van der Waals surface area contributed by atoms with Crippen LogP contribution in [0.25, 0.3) is 0 Å². The lowest BCUT2D eigenvalue weighted by molar-refractivity contribution is 0.0690. The summed E-state index contributed by atoms with van der Waals surface area (Å²) in [5.74, 6) is -1.10. The first kappa shape index (κ1) is 12.6. The molecule has 0 unspecified atom stereocenters. The first-order valence-electron chi connectivity index (χ1n) is 5.20. The van der Waals surface area contributed by atoms with Crippen molar-refractivity contribution in [1.29, 1.82) is 0 Å². The zero-order valence-electron chi connectivity index (χ0n) is 9.63. The van der Waals surface area contributed by atoms with Crippen LogP contribution in [0.2, 0.25) is 0 Å². The summed E-state index contributed by atoms with van der Waals surface area (Å²) in [6.07, 6.45) is 1.13. The van der Waals surface area contributed by atoms with Gasteiger partial charge >= 0.3 is 5.97 Å². The van der Waals surface area contributed by atoms with Gasteiger partial charge < -0.3 is 14.4 Å². The number of hydrogen-bond donors (Lipinski definition) is 1. The second-order valence-electron chi connectivity index (χ2n) is 3.81. The average molecular weight is 311 g/mol. The number of halogens is 1. The summed E-state index contributed by atoms with van der Waals surface area (Å²) in [7, 11) is 1.79. The van der Waals surface area contributed by atoms with E-state index in [0.29, 0.717) is 6.54 Å². The summed E-state index contributed by atoms with van der Waals surface area (Å²) in [5, 5.41) is 8.76. The molecule has 6 heteroatoms. The molecule has 0 saturated carbocycles. The van der Waals surface area contributed by atoms with Crippen LogP contribution in [-0.4, -0.2) is 23.1 Å². The predicted molar refractivity (Wildman–Crippen MR) is 69.7 cm³/mol. The standard InChI is InChI=1S/C12H11BrN2O3/c1-15(6-8-3-2-4-9(13)5-8)12-14-10(7-18-12)11(16)17/h2-5,7H,6H2,1H3,(H,16,17). The van der Waals surface area contributed by atoms with Gasteiger partial charge in [0, 0.05) is 18.1 Å². The van der Waals surface area contributed by atoms with Gasteiger partial charge in [-0.3, -0.25) is 0 Å². The van der Waals surface area contributed by atoms with Crippen LogP contribution in [0.5, 0.6) is 0 Å². The van der Waals surface area contributed by atoms with Gasteiger partial charge in [0.15, 0.2) is 5.69 Å². The minimum absolute atomic E-state index is 0.0916. The third kappa shape index (κ3) is 2.89. The molecule has 1 N–H and O–H groups in total. The van der Waals surface area contributed by atoms with Crippen molar-refractivity contribution in [2.75, 3.05) is 11.9 Å². The van der Waals surface area contributed by atoms with Gasteiger partial charge in [0.1, 0.15) is 6.26 Å². The fraction of sp³-hybridized carbons (Fsp3) is 0.167. The van der Waals surface area contributed by atoms with Crippen molar-refractivity contribution in [3.8, 4) is 0 Å². The Bertz CT molecular complexity index is 568. The van der Waals surface area contributed by atoms with Crippen LogP contribution in [0.1, 0.15) is 16.1 Å². The summed E-state index contributed by atoms with van der Waals surface area (Å²) in [6.45, 7) is 0.582. The fourth-order valence-electron chi connectivity index (χ4n) is 1.51. The molecule has 0 spiro atoms. The van der Waals surface area contributed by atoms with E-state index in [1.807, 2.05) is 24.3 Å². The van der Waals surface area contributed by atoms with E-state index >= 15 is 0 Å². The van der Waals surface area contributed by atoms with Crippen LogP contribution < -0.4 is 4.90 Å². The van der Waals surface area contributed by atoms with Crippen molar-refractivity contribution in [2.24, 2.45) is 0 Å². The highest BCUT2D eigenvalue weighted by Crippen LogP contribution is 2.17. The van der Waals surface area contributed by atoms with Crippen LogP contribution >= 0.6 is 15.9 Å². The Labute approximate surface area is 112 Å². The van der Waals surface area contributed by atoms with Crippen molar-refractivity contribution in [1.82, 2.24) is 4.98 Å². The predicted octanol–water partition coefficient (Wildman–Crippen LogP) is 2.77. The monoisotopic (exact) mass is 310 g/mol. The SMILES string of the molecule is CN(Cc1cccc(Br)c1)c1nc(C(=O)O)co1. The van der Waals surface area contributed by atoms with Crippen molar-refractivity contribution in [3.63, 3.8) is 0 Å². The molecule has 0 amide bonds. The van der Waals surface area contributed by atoms with Gasteiger partial charge in [-0.25, -0.2) is 4.79 Å². The van der Waals surface area contributed by atoms with Gasteiger partial charge in [0.2, 0.25) is 0 Å². The molecule has 0 atom stereocenters. The van der Waals surface area contributed by atoms with Crippen LogP contribution in [0, 0.1) is 0 Å². The van der Waals surface area contributed by atoms with Crippen LogP contribution in [0.3, 0.4) is 0 Å². The Morgan fingerprint density at radius 1 is 1.56 bits per heavy atom. The Kier molecular flexibility index (Phi) is 3.66. The Hall–Kier alpha value is -1.82. The Morgan fingerprint density at radius 2 is 2.33 bits per heavy atom. The van der Waals surface area contributed by atoms with Gasteiger partial charge in [-0.15, -0.1) is 0 Å². The van der Waals surface area contributed by atoms with Crippen LogP contribution in [0.15, 0.2) is 39.4 Å². The molecule has 0 aliphatic carbocycles. The molecule has 0 radical (unpaired) electrons. The van der Waals surface area contributed by atoms with Crippen LogP contribution in [-0.2, 0) is 6.54 Å². The average Bonchev–Trinajstić information content (AvgIpc) is 2.78. The third-order valence-corrected chi connectivity index (χ3v) is 2.84. The largest absolute Gasteiger partial charge is 0.476 e. The Morgan fingerprint density at radius 3 is 2.94 bits per heavy atom. The maximum absolute atomic E-state index is 10.7. The molecule has 94 valence electrons. The number of nitrogens with zero attached hydrogens (tertiary/aromatic N) is 2. The zero-order valence-corrected chi connectivity index (χ0v) is 11.2. The number of carboxylic acid groups (broad SMARTS) is 1. The van der Waals surface area contributed by atoms with Gasteiger partial charge in [0.05, 0.1) is 0 Å². The van der Waals surface area contributed by atoms with E-state index in [-0.39, 0.29) is 11.7 Å². The molecule has 1 aromatic carbocycles. The molecule has 2 aromatic rings. The summed E-state index contributed by atoms with van der Waals surface area (Å²) in [4.78, 5) is 16.3. The molecule has 18 heavy (non-hydrogen) atoms. The van der Waals surface area contributed by atoms with E-state index in [4.69, 9.17) is 9.52 Å². The molecule has 2 rings (SSSR count). The molecule has 0 saturated heterocycles. The summed E-state index contributed by atoms with van der Waals surface area (Å²) in [6, 6.07) is 8.12. The molecule has 1 heterocycles. The topological polar surface area (TPSA) is 66.6 Å². The number of oxazole rings is 1. The van der Waals surface area contributed by atoms with Gasteiger partial charge in [-0.05, 0) is 17.7 Å². The summed E-state index contributed by atoms with van der Waals surface area (Å²) >= 11 is 3.40. The minimum atomic E-state index is -1.10. The lowest BCUT2D eigenvalue weighted by Crippen LogP contribution is -2.16. The molecule has 0 aliphatic heterocycles.